The molecule has 0 fully saturated rings. The average Bonchev–Trinajstić information content (AvgIpc) is 3.42. The highest BCUT2D eigenvalue weighted by atomic mass is 32.2. The van der Waals surface area contributed by atoms with Gasteiger partial charge in [-0.2, -0.15) is 4.98 Å². The Morgan fingerprint density at radius 2 is 1.87 bits per heavy atom. The van der Waals surface area contributed by atoms with Crippen molar-refractivity contribution in [2.45, 2.75) is 44.0 Å². The van der Waals surface area contributed by atoms with Crippen molar-refractivity contribution in [3.8, 4) is 22.8 Å². The van der Waals surface area contributed by atoms with Gasteiger partial charge in [-0.1, -0.05) is 53.7 Å². The number of rotatable bonds is 8. The normalized spacial score (nSPS) is 12.1. The molecule has 1 atom stereocenters. The zero-order valence-electron chi connectivity index (χ0n) is 18.1. The first-order chi connectivity index (χ1) is 15.1. The third-order valence-electron chi connectivity index (χ3n) is 4.86. The number of hydrogen-bond donors (Lipinski definition) is 0. The lowest BCUT2D eigenvalue weighted by Gasteiger charge is -2.13. The lowest BCUT2D eigenvalue weighted by Crippen LogP contribution is -2.02. The zero-order valence-corrected chi connectivity index (χ0v) is 18.9. The Labute approximate surface area is 185 Å². The van der Waals surface area contributed by atoms with Gasteiger partial charge in [-0.3, -0.25) is 4.57 Å². The number of aromatic nitrogens is 5. The molecule has 0 aliphatic heterocycles. The predicted molar refractivity (Wildman–Crippen MR) is 121 cm³/mol. The van der Waals surface area contributed by atoms with Gasteiger partial charge in [-0.25, -0.2) is 0 Å². The minimum absolute atomic E-state index is 0.0722. The quantitative estimate of drug-likeness (QED) is 0.341. The molecule has 4 aromatic rings. The molecule has 0 N–H and O–H groups in total. The summed E-state index contributed by atoms with van der Waals surface area (Å²) >= 11 is 1.53. The van der Waals surface area contributed by atoms with Gasteiger partial charge in [0.1, 0.15) is 5.75 Å². The second-order valence-electron chi connectivity index (χ2n) is 7.24. The average molecular weight is 436 g/mol. The minimum atomic E-state index is -0.0722. The lowest BCUT2D eigenvalue weighted by molar-refractivity contribution is 0.374. The molecule has 0 bridgehead atoms. The number of thioether (sulfide) groups is 1. The molecular formula is C23H25N5O2S. The van der Waals surface area contributed by atoms with Gasteiger partial charge >= 0.3 is 0 Å². The summed E-state index contributed by atoms with van der Waals surface area (Å²) in [6.45, 7) is 6.20. The number of methoxy groups -OCH3 is 1. The Hall–Kier alpha value is -3.13. The topological polar surface area (TPSA) is 78.9 Å². The molecular weight excluding hydrogens is 410 g/mol. The first kappa shape index (κ1) is 21.1. The summed E-state index contributed by atoms with van der Waals surface area (Å²) in [5.41, 5.74) is 3.04. The maximum atomic E-state index is 5.57. The highest BCUT2D eigenvalue weighted by molar-refractivity contribution is 7.99. The fourth-order valence-electron chi connectivity index (χ4n) is 3.24. The van der Waals surface area contributed by atoms with Gasteiger partial charge in [0.05, 0.1) is 17.9 Å². The largest absolute Gasteiger partial charge is 0.496 e. The number of ether oxygens (including phenoxy) is 1. The highest BCUT2D eigenvalue weighted by Gasteiger charge is 2.23. The molecule has 0 radical (unpaired) electrons. The Kier molecular flexibility index (Phi) is 6.36. The molecule has 4 rings (SSSR count). The minimum Gasteiger partial charge on any atom is -0.496 e. The van der Waals surface area contributed by atoms with Crippen LogP contribution in [0.15, 0.2) is 58.2 Å². The second kappa shape index (κ2) is 9.34. The number of nitrogens with zero attached hydrogens (tertiary/aromatic N) is 5. The third-order valence-corrected chi connectivity index (χ3v) is 5.89. The van der Waals surface area contributed by atoms with Gasteiger partial charge < -0.3 is 9.26 Å². The lowest BCUT2D eigenvalue weighted by atomic mass is 10.1. The molecule has 1 unspecified atom stereocenters. The number of aryl methyl sites for hydroxylation is 2. The van der Waals surface area contributed by atoms with Gasteiger partial charge in [0.25, 0.3) is 0 Å². The van der Waals surface area contributed by atoms with Crippen LogP contribution in [0.25, 0.3) is 17.1 Å². The Morgan fingerprint density at radius 3 is 2.61 bits per heavy atom. The summed E-state index contributed by atoms with van der Waals surface area (Å²) in [5, 5.41) is 13.8. The Morgan fingerprint density at radius 1 is 1.10 bits per heavy atom. The summed E-state index contributed by atoms with van der Waals surface area (Å²) in [6.07, 6.45) is 1.78. The van der Waals surface area contributed by atoms with E-state index in [1.165, 1.54) is 17.3 Å². The Balaban J connectivity index is 1.75. The van der Waals surface area contributed by atoms with E-state index in [2.05, 4.69) is 58.5 Å². The maximum absolute atomic E-state index is 5.57. The maximum Gasteiger partial charge on any atom is 0.239 e. The van der Waals surface area contributed by atoms with Gasteiger partial charge in [0.15, 0.2) is 16.8 Å². The zero-order chi connectivity index (χ0) is 21.8. The van der Waals surface area contributed by atoms with E-state index < -0.39 is 0 Å². The van der Waals surface area contributed by atoms with E-state index in [1.807, 2.05) is 35.8 Å². The second-order valence-corrected chi connectivity index (χ2v) is 8.54. The summed E-state index contributed by atoms with van der Waals surface area (Å²) in [4.78, 5) is 4.53. The van der Waals surface area contributed by atoms with Crippen molar-refractivity contribution in [1.29, 1.82) is 0 Å². The van der Waals surface area contributed by atoms with Crippen LogP contribution >= 0.6 is 11.8 Å². The van der Waals surface area contributed by atoms with Crippen molar-refractivity contribution in [2.75, 3.05) is 7.11 Å². The standard InChI is InChI=1S/C23H25N5O2S/c1-5-8-20-24-22(30-27-20)16(3)31-23-26-25-21(18-9-6-7-10-19(18)29-4)28(23)17-13-11-15(2)12-14-17/h6-7,9-14,16H,5,8H2,1-4H3. The molecule has 0 saturated heterocycles. The summed E-state index contributed by atoms with van der Waals surface area (Å²) in [6, 6.07) is 16.1. The molecule has 0 aliphatic carbocycles. The van der Waals surface area contributed by atoms with E-state index >= 15 is 0 Å². The van der Waals surface area contributed by atoms with E-state index in [4.69, 9.17) is 9.26 Å². The molecule has 7 nitrogen and oxygen atoms in total. The van der Waals surface area contributed by atoms with Crippen molar-refractivity contribution in [1.82, 2.24) is 24.9 Å². The molecule has 2 heterocycles. The van der Waals surface area contributed by atoms with Crippen LogP contribution in [-0.4, -0.2) is 32.0 Å². The van der Waals surface area contributed by atoms with E-state index in [1.54, 1.807) is 7.11 Å². The Bertz CT molecular complexity index is 1150. The van der Waals surface area contributed by atoms with Gasteiger partial charge in [-0.05, 0) is 44.5 Å². The van der Waals surface area contributed by atoms with Crippen LogP contribution in [0.2, 0.25) is 0 Å². The monoisotopic (exact) mass is 435 g/mol. The molecule has 2 aromatic heterocycles. The fourth-order valence-corrected chi connectivity index (χ4v) is 4.14. The fraction of sp³-hybridized carbons (Fsp3) is 0.304. The van der Waals surface area contributed by atoms with E-state index in [0.717, 1.165) is 40.8 Å². The van der Waals surface area contributed by atoms with Crippen LogP contribution < -0.4 is 4.74 Å². The number of benzene rings is 2. The van der Waals surface area contributed by atoms with E-state index in [0.29, 0.717) is 11.7 Å². The van der Waals surface area contributed by atoms with Crippen LogP contribution in [0.3, 0.4) is 0 Å². The molecule has 2 aromatic carbocycles. The van der Waals surface area contributed by atoms with Crippen molar-refractivity contribution >= 4 is 11.8 Å². The molecule has 8 heteroatoms. The summed E-state index contributed by atoms with van der Waals surface area (Å²) in [7, 11) is 1.66. The molecule has 0 aliphatic rings. The third kappa shape index (κ3) is 4.49. The molecule has 0 amide bonds. The van der Waals surface area contributed by atoms with Gasteiger partial charge in [0.2, 0.25) is 5.89 Å². The molecule has 31 heavy (non-hydrogen) atoms. The highest BCUT2D eigenvalue weighted by Crippen LogP contribution is 2.38. The van der Waals surface area contributed by atoms with Crippen molar-refractivity contribution in [3.63, 3.8) is 0 Å². The first-order valence-electron chi connectivity index (χ1n) is 10.3. The van der Waals surface area contributed by atoms with Crippen LogP contribution in [-0.2, 0) is 6.42 Å². The molecule has 0 saturated carbocycles. The van der Waals surface area contributed by atoms with Gasteiger partial charge in [0, 0.05) is 12.1 Å². The SMILES string of the molecule is CCCc1noc(C(C)Sc2nnc(-c3ccccc3OC)n2-c2ccc(C)cc2)n1. The number of hydrogen-bond acceptors (Lipinski definition) is 7. The molecule has 0 spiro atoms. The van der Waals surface area contributed by atoms with Crippen molar-refractivity contribution in [3.05, 3.63) is 65.8 Å². The number of para-hydroxylation sites is 1. The summed E-state index contributed by atoms with van der Waals surface area (Å²) < 4.78 is 13.1. The van der Waals surface area contributed by atoms with Crippen LogP contribution in [0.1, 0.15) is 42.8 Å². The van der Waals surface area contributed by atoms with E-state index in [9.17, 15) is 0 Å². The van der Waals surface area contributed by atoms with Crippen LogP contribution in [0.4, 0.5) is 0 Å². The first-order valence-corrected chi connectivity index (χ1v) is 11.1. The molecule has 160 valence electrons. The smallest absolute Gasteiger partial charge is 0.239 e. The van der Waals surface area contributed by atoms with Crippen LogP contribution in [0, 0.1) is 6.92 Å². The summed E-state index contributed by atoms with van der Waals surface area (Å²) in [5.74, 6) is 2.78. The van der Waals surface area contributed by atoms with Crippen LogP contribution in [0.5, 0.6) is 5.75 Å². The van der Waals surface area contributed by atoms with E-state index in [-0.39, 0.29) is 5.25 Å². The van der Waals surface area contributed by atoms with Gasteiger partial charge in [-0.15, -0.1) is 10.2 Å². The van der Waals surface area contributed by atoms with Crippen molar-refractivity contribution < 1.29 is 9.26 Å². The predicted octanol–water partition coefficient (Wildman–Crippen LogP) is 5.44. The van der Waals surface area contributed by atoms with Crippen molar-refractivity contribution in [2.24, 2.45) is 0 Å².